The van der Waals surface area contributed by atoms with E-state index in [0.717, 1.165) is 12.8 Å². The number of alkyl halides is 1. The molecule has 0 aromatic rings. The summed E-state index contributed by atoms with van der Waals surface area (Å²) in [5.41, 5.74) is -1.21. The number of ether oxygens (including phenoxy) is 2. The normalized spacial score (nSPS) is 10.9. The number of hydrogen-bond donors (Lipinski definition) is 0. The van der Waals surface area contributed by atoms with Gasteiger partial charge in [0.2, 0.25) is 0 Å². The molecule has 0 aromatic carbocycles. The van der Waals surface area contributed by atoms with E-state index >= 15 is 0 Å². The number of hydrogen-bond acceptors (Lipinski definition) is 4. The molecule has 0 heterocycles. The van der Waals surface area contributed by atoms with Crippen LogP contribution in [-0.2, 0) is 19.1 Å². The molecule has 88 valence electrons. The van der Waals surface area contributed by atoms with E-state index < -0.39 is 17.4 Å². The molecule has 0 radical (unpaired) electrons. The Morgan fingerprint density at radius 3 is 2.20 bits per heavy atom. The minimum absolute atomic E-state index is 0.238. The Kier molecular flexibility index (Phi) is 6.87. The number of rotatable bonds is 6. The van der Waals surface area contributed by atoms with Crippen LogP contribution in [-0.4, -0.2) is 23.2 Å². The average molecular weight is 328 g/mol. The van der Waals surface area contributed by atoms with E-state index in [2.05, 4.69) is 0 Å². The summed E-state index contributed by atoms with van der Waals surface area (Å²) in [6.45, 7) is 5.38. The second kappa shape index (κ2) is 7.03. The number of esters is 2. The summed E-state index contributed by atoms with van der Waals surface area (Å²) in [4.78, 5) is 22.9. The second-order valence-corrected chi connectivity index (χ2v) is 4.28. The van der Waals surface area contributed by atoms with Crippen molar-refractivity contribution in [1.29, 1.82) is 0 Å². The van der Waals surface area contributed by atoms with Gasteiger partial charge in [0.1, 0.15) is 4.61 Å². The Bertz CT molecular complexity index is 225. The Morgan fingerprint density at radius 1 is 1.20 bits per heavy atom. The summed E-state index contributed by atoms with van der Waals surface area (Å²) in [5.74, 6) is -1.07. The number of halogens is 1. The van der Waals surface area contributed by atoms with Gasteiger partial charge in [0.05, 0.1) is 6.61 Å². The van der Waals surface area contributed by atoms with Gasteiger partial charge >= 0.3 is 11.9 Å². The molecule has 4 nitrogen and oxygen atoms in total. The van der Waals surface area contributed by atoms with Crippen molar-refractivity contribution in [1.82, 2.24) is 0 Å². The summed E-state index contributed by atoms with van der Waals surface area (Å²) in [7, 11) is 0. The van der Waals surface area contributed by atoms with Crippen molar-refractivity contribution < 1.29 is 19.1 Å². The third-order valence-electron chi connectivity index (χ3n) is 1.94. The van der Waals surface area contributed by atoms with E-state index in [4.69, 9.17) is 9.47 Å². The molecule has 5 heteroatoms. The van der Waals surface area contributed by atoms with E-state index in [0.29, 0.717) is 6.61 Å². The van der Waals surface area contributed by atoms with E-state index in [1.54, 1.807) is 0 Å². The maximum Gasteiger partial charge on any atom is 0.323 e. The third-order valence-corrected chi connectivity index (χ3v) is 2.25. The molecule has 0 saturated heterocycles. The lowest BCUT2D eigenvalue weighted by molar-refractivity contribution is -0.168. The lowest BCUT2D eigenvalue weighted by atomic mass is 9.94. The number of carbonyl (C=O) groups is 2. The predicted octanol–water partition coefficient (Wildman–Crippen LogP) is 2.29. The van der Waals surface area contributed by atoms with Crippen molar-refractivity contribution in [2.45, 2.75) is 33.6 Å². The van der Waals surface area contributed by atoms with Crippen molar-refractivity contribution in [2.24, 2.45) is 5.41 Å². The highest BCUT2D eigenvalue weighted by molar-refractivity contribution is 14.1. The Hall–Kier alpha value is -0.330. The first-order valence-electron chi connectivity index (χ1n) is 4.87. The fraction of sp³-hybridized carbons (Fsp3) is 0.800. The van der Waals surface area contributed by atoms with Crippen LogP contribution >= 0.6 is 22.6 Å². The first-order valence-corrected chi connectivity index (χ1v) is 6.39. The van der Waals surface area contributed by atoms with Gasteiger partial charge < -0.3 is 9.47 Å². The molecule has 0 rings (SSSR count). The van der Waals surface area contributed by atoms with Gasteiger partial charge in [0.25, 0.3) is 0 Å². The maximum atomic E-state index is 11.5. The Morgan fingerprint density at radius 2 is 1.73 bits per heavy atom. The van der Waals surface area contributed by atoms with Crippen LogP contribution in [0, 0.1) is 5.41 Å². The minimum Gasteiger partial charge on any atom is -0.465 e. The van der Waals surface area contributed by atoms with Gasteiger partial charge in [-0.25, -0.2) is 0 Å². The van der Waals surface area contributed by atoms with Gasteiger partial charge in [-0.2, -0.15) is 0 Å². The molecule has 0 aliphatic heterocycles. The Labute approximate surface area is 104 Å². The van der Waals surface area contributed by atoms with Crippen LogP contribution < -0.4 is 0 Å². The molecule has 0 saturated carbocycles. The van der Waals surface area contributed by atoms with Gasteiger partial charge in [0.15, 0.2) is 5.41 Å². The molecule has 0 amide bonds. The zero-order valence-corrected chi connectivity index (χ0v) is 11.5. The molecule has 0 atom stereocenters. The molecular weight excluding hydrogens is 311 g/mol. The lowest BCUT2D eigenvalue weighted by Crippen LogP contribution is -2.36. The highest BCUT2D eigenvalue weighted by Gasteiger charge is 2.39. The fourth-order valence-corrected chi connectivity index (χ4v) is 1.09. The van der Waals surface area contributed by atoms with Gasteiger partial charge in [-0.3, -0.25) is 9.59 Å². The number of unbranched alkanes of at least 4 members (excludes halogenated alkanes) is 1. The summed E-state index contributed by atoms with van der Waals surface area (Å²) in [5, 5.41) is 0. The quantitative estimate of drug-likeness (QED) is 0.247. The summed E-state index contributed by atoms with van der Waals surface area (Å²) >= 11 is 1.91. The summed E-state index contributed by atoms with van der Waals surface area (Å²) in [6.07, 6.45) is 1.76. The van der Waals surface area contributed by atoms with Gasteiger partial charge in [-0.05, 0) is 42.9 Å². The SMILES string of the molecule is CCCCOC(=O)C(C)(C)C(=O)OCI. The minimum atomic E-state index is -1.21. The zero-order valence-electron chi connectivity index (χ0n) is 9.34. The van der Waals surface area contributed by atoms with E-state index in [9.17, 15) is 9.59 Å². The van der Waals surface area contributed by atoms with Crippen LogP contribution in [0.25, 0.3) is 0 Å². The van der Waals surface area contributed by atoms with Crippen molar-refractivity contribution >= 4 is 34.5 Å². The van der Waals surface area contributed by atoms with Gasteiger partial charge in [-0.1, -0.05) is 13.3 Å². The van der Waals surface area contributed by atoms with Crippen LogP contribution in [0.2, 0.25) is 0 Å². The van der Waals surface area contributed by atoms with E-state index in [-0.39, 0.29) is 4.61 Å². The van der Waals surface area contributed by atoms with Crippen LogP contribution in [0.15, 0.2) is 0 Å². The van der Waals surface area contributed by atoms with Crippen LogP contribution in [0.1, 0.15) is 33.6 Å². The average Bonchev–Trinajstić information content (AvgIpc) is 2.18. The van der Waals surface area contributed by atoms with Crippen molar-refractivity contribution in [3.8, 4) is 0 Å². The molecule has 15 heavy (non-hydrogen) atoms. The molecule has 0 aliphatic rings. The van der Waals surface area contributed by atoms with Crippen LogP contribution in [0.3, 0.4) is 0 Å². The highest BCUT2D eigenvalue weighted by atomic mass is 127. The van der Waals surface area contributed by atoms with Gasteiger partial charge in [0, 0.05) is 0 Å². The summed E-state index contributed by atoms with van der Waals surface area (Å²) in [6, 6.07) is 0. The number of carbonyl (C=O) groups excluding carboxylic acids is 2. The third kappa shape index (κ3) is 4.81. The molecule has 0 aliphatic carbocycles. The monoisotopic (exact) mass is 328 g/mol. The zero-order chi connectivity index (χ0) is 11.9. The maximum absolute atomic E-state index is 11.5. The van der Waals surface area contributed by atoms with Crippen molar-refractivity contribution in [3.05, 3.63) is 0 Å². The van der Waals surface area contributed by atoms with Crippen molar-refractivity contribution in [3.63, 3.8) is 0 Å². The smallest absolute Gasteiger partial charge is 0.323 e. The molecule has 0 unspecified atom stereocenters. The largest absolute Gasteiger partial charge is 0.465 e. The lowest BCUT2D eigenvalue weighted by Gasteiger charge is -2.19. The topological polar surface area (TPSA) is 52.6 Å². The van der Waals surface area contributed by atoms with E-state index in [1.165, 1.54) is 13.8 Å². The van der Waals surface area contributed by atoms with Crippen molar-refractivity contribution in [2.75, 3.05) is 11.2 Å². The van der Waals surface area contributed by atoms with E-state index in [1.807, 2.05) is 29.5 Å². The molecule has 0 bridgehead atoms. The molecule has 0 fully saturated rings. The highest BCUT2D eigenvalue weighted by Crippen LogP contribution is 2.20. The predicted molar refractivity (Wildman–Crippen MR) is 64.6 cm³/mol. The summed E-state index contributed by atoms with van der Waals surface area (Å²) < 4.78 is 9.99. The van der Waals surface area contributed by atoms with Crippen LogP contribution in [0.5, 0.6) is 0 Å². The second-order valence-electron chi connectivity index (χ2n) is 3.66. The first kappa shape index (κ1) is 14.7. The molecular formula is C10H17IO4. The Balaban J connectivity index is 4.19. The fourth-order valence-electron chi connectivity index (χ4n) is 0.803. The standard InChI is InChI=1S/C10H17IO4/c1-4-5-6-14-8(12)10(2,3)9(13)15-7-11/h4-7H2,1-3H3. The van der Waals surface area contributed by atoms with Gasteiger partial charge in [-0.15, -0.1) is 0 Å². The molecule has 0 N–H and O–H groups in total. The molecule has 0 aromatic heterocycles. The van der Waals surface area contributed by atoms with Crippen LogP contribution in [0.4, 0.5) is 0 Å². The molecule has 0 spiro atoms. The first-order chi connectivity index (χ1) is 6.96.